The van der Waals surface area contributed by atoms with E-state index in [4.69, 9.17) is 4.74 Å². The second kappa shape index (κ2) is 6.41. The van der Waals surface area contributed by atoms with Crippen LogP contribution in [-0.4, -0.2) is 6.10 Å². The molecule has 0 saturated heterocycles. The Morgan fingerprint density at radius 1 is 1.21 bits per heavy atom. The Morgan fingerprint density at radius 2 is 1.79 bits per heavy atom. The molecule has 1 rings (SSSR count). The maximum absolute atomic E-state index is 12.9. The Labute approximate surface area is 85.9 Å². The van der Waals surface area contributed by atoms with Gasteiger partial charge in [0, 0.05) is 5.56 Å². The maximum atomic E-state index is 12.9. The lowest BCUT2D eigenvalue weighted by molar-refractivity contribution is 0.239. The highest BCUT2D eigenvalue weighted by Gasteiger charge is 2.04. The SMILES string of the molecule is CC.Cc1c(F)cccc1OC(C)C. The first-order chi connectivity index (χ1) is 6.61. The summed E-state index contributed by atoms with van der Waals surface area (Å²) in [4.78, 5) is 0. The van der Waals surface area contributed by atoms with Gasteiger partial charge in [0.15, 0.2) is 0 Å². The molecule has 0 aliphatic rings. The molecule has 0 radical (unpaired) electrons. The molecular weight excluding hydrogens is 179 g/mol. The van der Waals surface area contributed by atoms with Gasteiger partial charge in [-0.15, -0.1) is 0 Å². The summed E-state index contributed by atoms with van der Waals surface area (Å²) in [6.07, 6.45) is 0.0884. The Bertz CT molecular complexity index is 269. The molecule has 1 aromatic carbocycles. The van der Waals surface area contributed by atoms with Crippen molar-refractivity contribution in [2.45, 2.75) is 40.7 Å². The minimum absolute atomic E-state index is 0.0884. The molecule has 0 saturated carbocycles. The summed E-state index contributed by atoms with van der Waals surface area (Å²) in [6, 6.07) is 4.86. The van der Waals surface area contributed by atoms with Crippen LogP contribution in [0.5, 0.6) is 5.75 Å². The molecule has 0 heterocycles. The fourth-order valence-corrected chi connectivity index (χ4v) is 0.969. The summed E-state index contributed by atoms with van der Waals surface area (Å²) >= 11 is 0. The van der Waals surface area contributed by atoms with E-state index in [-0.39, 0.29) is 11.9 Å². The molecule has 0 spiro atoms. The summed E-state index contributed by atoms with van der Waals surface area (Å²) in [5.74, 6) is 0.415. The molecule has 0 aliphatic heterocycles. The average Bonchev–Trinajstić information content (AvgIpc) is 2.16. The lowest BCUT2D eigenvalue weighted by atomic mass is 10.2. The first-order valence-electron chi connectivity index (χ1n) is 5.03. The molecule has 0 atom stereocenters. The van der Waals surface area contributed by atoms with E-state index in [1.807, 2.05) is 27.7 Å². The van der Waals surface area contributed by atoms with Crippen molar-refractivity contribution in [1.82, 2.24) is 0 Å². The van der Waals surface area contributed by atoms with Gasteiger partial charge in [0.1, 0.15) is 11.6 Å². The molecule has 0 unspecified atom stereocenters. The Balaban J connectivity index is 0.000000791. The number of hydrogen-bond acceptors (Lipinski definition) is 1. The molecule has 1 aromatic rings. The third-order valence-electron chi connectivity index (χ3n) is 1.58. The highest BCUT2D eigenvalue weighted by Crippen LogP contribution is 2.20. The van der Waals surface area contributed by atoms with Gasteiger partial charge in [-0.2, -0.15) is 0 Å². The topological polar surface area (TPSA) is 9.23 Å². The Hall–Kier alpha value is -1.05. The van der Waals surface area contributed by atoms with Crippen LogP contribution in [0.1, 0.15) is 33.3 Å². The maximum Gasteiger partial charge on any atom is 0.129 e. The van der Waals surface area contributed by atoms with E-state index in [9.17, 15) is 4.39 Å². The zero-order valence-electron chi connectivity index (χ0n) is 9.60. The number of benzene rings is 1. The summed E-state index contributed by atoms with van der Waals surface area (Å²) in [7, 11) is 0. The lowest BCUT2D eigenvalue weighted by Crippen LogP contribution is -2.07. The van der Waals surface area contributed by atoms with Crippen molar-refractivity contribution in [1.29, 1.82) is 0 Å². The molecule has 14 heavy (non-hydrogen) atoms. The van der Waals surface area contributed by atoms with Crippen molar-refractivity contribution in [2.75, 3.05) is 0 Å². The fraction of sp³-hybridized carbons (Fsp3) is 0.500. The fourth-order valence-electron chi connectivity index (χ4n) is 0.969. The second-order valence-corrected chi connectivity index (χ2v) is 3.03. The summed E-state index contributed by atoms with van der Waals surface area (Å²) in [5.41, 5.74) is 0.575. The van der Waals surface area contributed by atoms with Crippen molar-refractivity contribution in [3.8, 4) is 5.75 Å². The minimum Gasteiger partial charge on any atom is -0.491 e. The normalized spacial score (nSPS) is 9.36. The van der Waals surface area contributed by atoms with E-state index < -0.39 is 0 Å². The van der Waals surface area contributed by atoms with E-state index in [2.05, 4.69) is 0 Å². The zero-order chi connectivity index (χ0) is 11.1. The monoisotopic (exact) mass is 198 g/mol. The summed E-state index contributed by atoms with van der Waals surface area (Å²) in [6.45, 7) is 9.56. The summed E-state index contributed by atoms with van der Waals surface area (Å²) < 4.78 is 18.3. The van der Waals surface area contributed by atoms with E-state index >= 15 is 0 Å². The van der Waals surface area contributed by atoms with Crippen molar-refractivity contribution >= 4 is 0 Å². The van der Waals surface area contributed by atoms with Crippen LogP contribution in [0.2, 0.25) is 0 Å². The lowest BCUT2D eigenvalue weighted by Gasteiger charge is -2.11. The molecule has 0 aliphatic carbocycles. The molecule has 0 aromatic heterocycles. The van der Waals surface area contributed by atoms with Gasteiger partial charge >= 0.3 is 0 Å². The molecule has 0 amide bonds. The van der Waals surface area contributed by atoms with Gasteiger partial charge in [0.25, 0.3) is 0 Å². The third kappa shape index (κ3) is 3.77. The molecular formula is C12H19FO. The highest BCUT2D eigenvalue weighted by atomic mass is 19.1. The van der Waals surface area contributed by atoms with E-state index in [1.54, 1.807) is 19.1 Å². The molecule has 2 heteroatoms. The molecule has 80 valence electrons. The van der Waals surface area contributed by atoms with Crippen molar-refractivity contribution in [2.24, 2.45) is 0 Å². The number of hydrogen-bond donors (Lipinski definition) is 0. The standard InChI is InChI=1S/C10H13FO.C2H6/c1-7(2)12-10-6-4-5-9(11)8(10)3;1-2/h4-7H,1-3H3;1-2H3. The molecule has 0 N–H and O–H groups in total. The number of ether oxygens (including phenoxy) is 1. The van der Waals surface area contributed by atoms with Crippen molar-refractivity contribution in [3.05, 3.63) is 29.6 Å². The van der Waals surface area contributed by atoms with Crippen LogP contribution in [-0.2, 0) is 0 Å². The zero-order valence-corrected chi connectivity index (χ0v) is 9.60. The van der Waals surface area contributed by atoms with Crippen LogP contribution >= 0.6 is 0 Å². The van der Waals surface area contributed by atoms with Crippen molar-refractivity contribution < 1.29 is 9.13 Å². The Morgan fingerprint density at radius 3 is 2.29 bits per heavy atom. The smallest absolute Gasteiger partial charge is 0.129 e. The van der Waals surface area contributed by atoms with Gasteiger partial charge in [-0.1, -0.05) is 19.9 Å². The van der Waals surface area contributed by atoms with Gasteiger partial charge in [0.2, 0.25) is 0 Å². The average molecular weight is 198 g/mol. The van der Waals surface area contributed by atoms with E-state index in [1.165, 1.54) is 6.07 Å². The quantitative estimate of drug-likeness (QED) is 0.699. The first kappa shape index (κ1) is 12.9. The number of rotatable bonds is 2. The van der Waals surface area contributed by atoms with Gasteiger partial charge in [0.05, 0.1) is 6.10 Å². The van der Waals surface area contributed by atoms with Crippen LogP contribution in [0.4, 0.5) is 4.39 Å². The van der Waals surface area contributed by atoms with Crippen LogP contribution in [0, 0.1) is 12.7 Å². The Kier molecular flexibility index (Phi) is 5.93. The minimum atomic E-state index is -0.215. The van der Waals surface area contributed by atoms with E-state index in [0.717, 1.165) is 0 Å². The highest BCUT2D eigenvalue weighted by molar-refractivity contribution is 5.33. The van der Waals surface area contributed by atoms with Gasteiger partial charge in [-0.3, -0.25) is 0 Å². The molecule has 0 bridgehead atoms. The third-order valence-corrected chi connectivity index (χ3v) is 1.58. The van der Waals surface area contributed by atoms with Gasteiger partial charge < -0.3 is 4.74 Å². The molecule has 0 fully saturated rings. The molecule has 1 nitrogen and oxygen atoms in total. The van der Waals surface area contributed by atoms with Crippen LogP contribution in [0.25, 0.3) is 0 Å². The number of halogens is 1. The largest absolute Gasteiger partial charge is 0.491 e. The second-order valence-electron chi connectivity index (χ2n) is 3.03. The van der Waals surface area contributed by atoms with Crippen LogP contribution in [0.15, 0.2) is 18.2 Å². The van der Waals surface area contributed by atoms with E-state index in [0.29, 0.717) is 11.3 Å². The predicted octanol–water partition coefficient (Wildman–Crippen LogP) is 3.95. The van der Waals surface area contributed by atoms with Crippen LogP contribution in [0.3, 0.4) is 0 Å². The van der Waals surface area contributed by atoms with Gasteiger partial charge in [-0.05, 0) is 32.9 Å². The van der Waals surface area contributed by atoms with Crippen molar-refractivity contribution in [3.63, 3.8) is 0 Å². The van der Waals surface area contributed by atoms with Gasteiger partial charge in [-0.25, -0.2) is 4.39 Å². The summed E-state index contributed by atoms with van der Waals surface area (Å²) in [5, 5.41) is 0. The predicted molar refractivity (Wildman–Crippen MR) is 58.2 cm³/mol. The van der Waals surface area contributed by atoms with Crippen LogP contribution < -0.4 is 4.74 Å². The first-order valence-corrected chi connectivity index (χ1v) is 5.03.